The van der Waals surface area contributed by atoms with Crippen molar-refractivity contribution in [1.82, 2.24) is 4.57 Å². The van der Waals surface area contributed by atoms with Gasteiger partial charge in [0.05, 0.1) is 24.2 Å². The highest BCUT2D eigenvalue weighted by Gasteiger charge is 2.38. The van der Waals surface area contributed by atoms with Crippen LogP contribution in [0.2, 0.25) is 0 Å². The van der Waals surface area contributed by atoms with Crippen molar-refractivity contribution in [1.29, 1.82) is 0 Å². The van der Waals surface area contributed by atoms with Gasteiger partial charge in [0.25, 0.3) is 0 Å². The van der Waals surface area contributed by atoms with Gasteiger partial charge in [-0.1, -0.05) is 39.3 Å². The smallest absolute Gasteiger partial charge is 0.128 e. The van der Waals surface area contributed by atoms with Gasteiger partial charge in [-0.05, 0) is 36.8 Å². The van der Waals surface area contributed by atoms with Crippen molar-refractivity contribution in [2.24, 2.45) is 11.1 Å². The number of benzene rings is 2. The summed E-state index contributed by atoms with van der Waals surface area (Å²) in [6, 6.07) is 14.8. The van der Waals surface area contributed by atoms with Crippen LogP contribution in [-0.4, -0.2) is 23.5 Å². The lowest BCUT2D eigenvalue weighted by molar-refractivity contribution is 0.137. The fourth-order valence-corrected chi connectivity index (χ4v) is 4.48. The Morgan fingerprint density at radius 1 is 1.15 bits per heavy atom. The minimum absolute atomic E-state index is 0.0372. The number of aryl methyl sites for hydroxylation is 1. The summed E-state index contributed by atoms with van der Waals surface area (Å²) >= 11 is 3.63. The molecule has 0 spiro atoms. The maximum atomic E-state index is 6.13. The Balaban J connectivity index is 1.80. The van der Waals surface area contributed by atoms with Gasteiger partial charge in [0.2, 0.25) is 0 Å². The van der Waals surface area contributed by atoms with E-state index in [2.05, 4.69) is 69.1 Å². The van der Waals surface area contributed by atoms with Gasteiger partial charge in [-0.15, -0.1) is 0 Å². The van der Waals surface area contributed by atoms with Crippen LogP contribution in [0.4, 0.5) is 0 Å². The lowest BCUT2D eigenvalue weighted by Crippen LogP contribution is -2.23. The first kappa shape index (κ1) is 15.9. The quantitative estimate of drug-likeness (QED) is 0.598. The molecular weight excluding hydrogens is 392 g/mol. The molecular formula is C21H19BrN2O2. The predicted octanol–water partition coefficient (Wildman–Crippen LogP) is 4.95. The molecule has 26 heavy (non-hydrogen) atoms. The van der Waals surface area contributed by atoms with Crippen LogP contribution in [-0.2, 0) is 11.4 Å². The number of fused-ring (bicyclic) bond motifs is 3. The Kier molecular flexibility index (Phi) is 3.78. The lowest BCUT2D eigenvalue weighted by Gasteiger charge is -2.18. The normalized spacial score (nSPS) is 21.4. The van der Waals surface area contributed by atoms with Gasteiger partial charge >= 0.3 is 0 Å². The minimum atomic E-state index is 0.0372. The molecule has 0 unspecified atom stereocenters. The molecule has 3 aromatic rings. The zero-order valence-corrected chi connectivity index (χ0v) is 16.1. The van der Waals surface area contributed by atoms with Gasteiger partial charge in [0, 0.05) is 33.7 Å². The summed E-state index contributed by atoms with van der Waals surface area (Å²) in [7, 11) is 0. The van der Waals surface area contributed by atoms with Gasteiger partial charge in [-0.25, -0.2) is 0 Å². The molecule has 4 nitrogen and oxygen atoms in total. The Bertz CT molecular complexity index is 1020. The zero-order chi connectivity index (χ0) is 17.7. The first-order valence-electron chi connectivity index (χ1n) is 8.96. The summed E-state index contributed by atoms with van der Waals surface area (Å²) < 4.78 is 9.47. The van der Waals surface area contributed by atoms with Crippen LogP contribution < -0.4 is 4.74 Å². The number of hydrogen-bond acceptors (Lipinski definition) is 3. The van der Waals surface area contributed by atoms with Gasteiger partial charge in [0.1, 0.15) is 12.4 Å². The first-order chi connectivity index (χ1) is 12.8. The van der Waals surface area contributed by atoms with Gasteiger partial charge in [-0.3, -0.25) is 0 Å². The molecule has 2 aromatic carbocycles. The molecule has 0 fully saturated rings. The van der Waals surface area contributed by atoms with E-state index in [-0.39, 0.29) is 11.8 Å². The third-order valence-electron chi connectivity index (χ3n) is 5.35. The monoisotopic (exact) mass is 410 g/mol. The van der Waals surface area contributed by atoms with E-state index >= 15 is 0 Å². The largest absolute Gasteiger partial charge is 0.492 e. The third-order valence-corrected chi connectivity index (χ3v) is 5.85. The van der Waals surface area contributed by atoms with Crippen LogP contribution in [0.3, 0.4) is 0 Å². The van der Waals surface area contributed by atoms with E-state index in [0.29, 0.717) is 13.2 Å². The van der Waals surface area contributed by atoms with E-state index in [4.69, 9.17) is 9.57 Å². The fourth-order valence-electron chi connectivity index (χ4n) is 4.10. The molecule has 0 aliphatic carbocycles. The first-order valence-corrected chi connectivity index (χ1v) is 9.75. The number of para-hydroxylation sites is 1. The van der Waals surface area contributed by atoms with Gasteiger partial charge in [-0.2, -0.15) is 0 Å². The second-order valence-electron chi connectivity index (χ2n) is 6.82. The van der Waals surface area contributed by atoms with Crippen molar-refractivity contribution >= 4 is 32.5 Å². The minimum Gasteiger partial charge on any atom is -0.492 e. The molecule has 0 radical (unpaired) electrons. The van der Waals surface area contributed by atoms with E-state index < -0.39 is 0 Å². The molecule has 1 aromatic heterocycles. The average Bonchev–Trinajstić information content (AvgIpc) is 3.23. The van der Waals surface area contributed by atoms with Crippen molar-refractivity contribution < 1.29 is 9.57 Å². The standard InChI is InChI=1S/C21H19BrN2O2/c1-2-24-10-17(15-5-3-4-6-18(15)24)20-16-9-14(22)7-8-19(16)25-11-13-12-26-23-21(13)20/h3-10,13,20H,2,11-12H2,1H3/t13-,20-/m0/s1. The number of oxime groups is 1. The highest BCUT2D eigenvalue weighted by atomic mass is 79.9. The molecule has 0 amide bonds. The summed E-state index contributed by atoms with van der Waals surface area (Å²) in [6.07, 6.45) is 2.27. The Morgan fingerprint density at radius 3 is 2.92 bits per heavy atom. The van der Waals surface area contributed by atoms with Crippen LogP contribution in [0, 0.1) is 5.92 Å². The molecule has 0 N–H and O–H groups in total. The summed E-state index contributed by atoms with van der Waals surface area (Å²) in [4.78, 5) is 5.48. The Hall–Kier alpha value is -2.27. The highest BCUT2D eigenvalue weighted by Crippen LogP contribution is 2.43. The Morgan fingerprint density at radius 2 is 2.04 bits per heavy atom. The summed E-state index contributed by atoms with van der Waals surface area (Å²) in [5.74, 6) is 1.16. The fraction of sp³-hybridized carbons (Fsp3) is 0.286. The van der Waals surface area contributed by atoms with Crippen molar-refractivity contribution in [3.63, 3.8) is 0 Å². The second-order valence-corrected chi connectivity index (χ2v) is 7.74. The van der Waals surface area contributed by atoms with E-state index in [1.165, 1.54) is 16.5 Å². The van der Waals surface area contributed by atoms with Crippen molar-refractivity contribution in [2.75, 3.05) is 13.2 Å². The Labute approximate surface area is 160 Å². The molecule has 5 heteroatoms. The molecule has 0 saturated carbocycles. The zero-order valence-electron chi connectivity index (χ0n) is 14.5. The third kappa shape index (κ3) is 2.37. The number of ether oxygens (including phenoxy) is 1. The van der Waals surface area contributed by atoms with Crippen LogP contribution in [0.25, 0.3) is 10.9 Å². The highest BCUT2D eigenvalue weighted by molar-refractivity contribution is 9.10. The number of hydrogen-bond donors (Lipinski definition) is 0. The number of aromatic nitrogens is 1. The molecule has 132 valence electrons. The van der Waals surface area contributed by atoms with Gasteiger partial charge < -0.3 is 14.1 Å². The number of halogens is 1. The van der Waals surface area contributed by atoms with Crippen LogP contribution in [0.5, 0.6) is 5.75 Å². The van der Waals surface area contributed by atoms with Crippen LogP contribution in [0.1, 0.15) is 24.0 Å². The summed E-state index contributed by atoms with van der Waals surface area (Å²) in [5, 5.41) is 5.72. The lowest BCUT2D eigenvalue weighted by atomic mass is 9.82. The summed E-state index contributed by atoms with van der Waals surface area (Å²) in [6.45, 7) is 4.31. The van der Waals surface area contributed by atoms with E-state index in [0.717, 1.165) is 28.0 Å². The molecule has 2 aliphatic heterocycles. The molecule has 0 saturated heterocycles. The SMILES string of the molecule is CCn1cc([C@H]2C3=NOC[C@@H]3COc3ccc(Br)cc32)c2ccccc21. The molecule has 3 heterocycles. The number of nitrogens with zero attached hydrogens (tertiary/aromatic N) is 2. The van der Waals surface area contributed by atoms with E-state index in [1.807, 2.05) is 12.1 Å². The van der Waals surface area contributed by atoms with Crippen molar-refractivity contribution in [2.45, 2.75) is 19.4 Å². The van der Waals surface area contributed by atoms with Crippen LogP contribution in [0.15, 0.2) is 58.3 Å². The van der Waals surface area contributed by atoms with Crippen molar-refractivity contribution in [3.8, 4) is 5.75 Å². The van der Waals surface area contributed by atoms with Crippen molar-refractivity contribution in [3.05, 3.63) is 64.3 Å². The molecule has 2 aliphatic rings. The molecule has 5 rings (SSSR count). The van der Waals surface area contributed by atoms with Crippen LogP contribution >= 0.6 is 15.9 Å². The molecule has 0 bridgehead atoms. The topological polar surface area (TPSA) is 35.8 Å². The maximum Gasteiger partial charge on any atom is 0.128 e. The van der Waals surface area contributed by atoms with Gasteiger partial charge in [0.15, 0.2) is 0 Å². The molecule has 2 atom stereocenters. The maximum absolute atomic E-state index is 6.13. The number of rotatable bonds is 2. The predicted molar refractivity (Wildman–Crippen MR) is 106 cm³/mol. The summed E-state index contributed by atoms with van der Waals surface area (Å²) in [5.41, 5.74) is 4.73. The second kappa shape index (κ2) is 6.16. The van der Waals surface area contributed by atoms with E-state index in [1.54, 1.807) is 0 Å². The van der Waals surface area contributed by atoms with E-state index in [9.17, 15) is 0 Å². The average molecular weight is 411 g/mol.